The molecule has 3 N–H and O–H groups in total. The molecule has 0 aliphatic rings. The van der Waals surface area contributed by atoms with E-state index in [9.17, 15) is 4.79 Å². The molecule has 14 heavy (non-hydrogen) atoms. The van der Waals surface area contributed by atoms with Crippen molar-refractivity contribution in [3.05, 3.63) is 29.6 Å². The molecule has 0 aliphatic carbocycles. The number of carboxylic acids is 1. The maximum atomic E-state index is 10.6. The van der Waals surface area contributed by atoms with Crippen LogP contribution in [-0.4, -0.2) is 29.8 Å². The Morgan fingerprint density at radius 3 is 3.07 bits per heavy atom. The first-order chi connectivity index (χ1) is 6.65. The molecule has 0 bridgehead atoms. The first-order valence-corrected chi connectivity index (χ1v) is 4.09. The van der Waals surface area contributed by atoms with Crippen LogP contribution in [0.3, 0.4) is 0 Å². The Morgan fingerprint density at radius 2 is 2.50 bits per heavy atom. The monoisotopic (exact) mass is 196 g/mol. The van der Waals surface area contributed by atoms with E-state index >= 15 is 0 Å². The number of methoxy groups -OCH3 is 1. The van der Waals surface area contributed by atoms with Gasteiger partial charge in [0.25, 0.3) is 0 Å². The summed E-state index contributed by atoms with van der Waals surface area (Å²) in [5.74, 6) is -1.06. The zero-order valence-electron chi connectivity index (χ0n) is 7.80. The summed E-state index contributed by atoms with van der Waals surface area (Å²) in [5.41, 5.74) is 6.43. The fourth-order valence-electron chi connectivity index (χ4n) is 1.07. The minimum absolute atomic E-state index is 0.00551. The van der Waals surface area contributed by atoms with Crippen molar-refractivity contribution in [3.63, 3.8) is 0 Å². The molecule has 0 amide bonds. The SMILES string of the molecule is COCC(N)c1ccnc(C(=O)O)c1. The van der Waals surface area contributed by atoms with Gasteiger partial charge in [0, 0.05) is 13.3 Å². The largest absolute Gasteiger partial charge is 0.477 e. The Labute approximate surface area is 81.5 Å². The number of aromatic carboxylic acids is 1. The topological polar surface area (TPSA) is 85.4 Å². The van der Waals surface area contributed by atoms with E-state index < -0.39 is 5.97 Å². The van der Waals surface area contributed by atoms with E-state index in [1.54, 1.807) is 13.2 Å². The average molecular weight is 196 g/mol. The normalized spacial score (nSPS) is 12.4. The summed E-state index contributed by atoms with van der Waals surface area (Å²) in [5, 5.41) is 8.69. The second kappa shape index (κ2) is 4.69. The lowest BCUT2D eigenvalue weighted by Crippen LogP contribution is -2.17. The third-order valence-electron chi connectivity index (χ3n) is 1.78. The van der Waals surface area contributed by atoms with Crippen LogP contribution in [0.25, 0.3) is 0 Å². The van der Waals surface area contributed by atoms with Gasteiger partial charge in [0.05, 0.1) is 12.6 Å². The molecule has 1 aromatic heterocycles. The molecule has 1 unspecified atom stereocenters. The van der Waals surface area contributed by atoms with Crippen LogP contribution in [0.15, 0.2) is 18.3 Å². The summed E-state index contributed by atoms with van der Waals surface area (Å²) in [6, 6.07) is 2.81. The Morgan fingerprint density at radius 1 is 1.79 bits per heavy atom. The van der Waals surface area contributed by atoms with Gasteiger partial charge in [0.15, 0.2) is 0 Å². The van der Waals surface area contributed by atoms with E-state index in [-0.39, 0.29) is 11.7 Å². The molecule has 0 aromatic carbocycles. The van der Waals surface area contributed by atoms with Crippen LogP contribution in [0.2, 0.25) is 0 Å². The highest BCUT2D eigenvalue weighted by Gasteiger charge is 2.09. The standard InChI is InChI=1S/C9H12N2O3/c1-14-5-7(10)6-2-3-11-8(4-6)9(12)13/h2-4,7H,5,10H2,1H3,(H,12,13). The highest BCUT2D eigenvalue weighted by molar-refractivity contribution is 5.85. The number of carbonyl (C=O) groups is 1. The van der Waals surface area contributed by atoms with E-state index in [0.717, 1.165) is 0 Å². The zero-order valence-corrected chi connectivity index (χ0v) is 7.80. The number of hydrogen-bond donors (Lipinski definition) is 2. The number of nitrogens with zero attached hydrogens (tertiary/aromatic N) is 1. The second-order valence-corrected chi connectivity index (χ2v) is 2.84. The number of pyridine rings is 1. The summed E-state index contributed by atoms with van der Waals surface area (Å²) in [7, 11) is 1.54. The van der Waals surface area contributed by atoms with E-state index in [2.05, 4.69) is 4.98 Å². The summed E-state index contributed by atoms with van der Waals surface area (Å²) in [6.45, 7) is 0.350. The summed E-state index contributed by atoms with van der Waals surface area (Å²) in [4.78, 5) is 14.3. The molecule has 1 atom stereocenters. The molecule has 0 saturated heterocycles. The molecular formula is C9H12N2O3. The minimum Gasteiger partial charge on any atom is -0.477 e. The highest BCUT2D eigenvalue weighted by atomic mass is 16.5. The third-order valence-corrected chi connectivity index (χ3v) is 1.78. The predicted octanol–water partition coefficient (Wildman–Crippen LogP) is 0.426. The number of hydrogen-bond acceptors (Lipinski definition) is 4. The van der Waals surface area contributed by atoms with Gasteiger partial charge in [-0.25, -0.2) is 9.78 Å². The van der Waals surface area contributed by atoms with Gasteiger partial charge in [-0.3, -0.25) is 0 Å². The van der Waals surface area contributed by atoms with E-state index in [4.69, 9.17) is 15.6 Å². The van der Waals surface area contributed by atoms with Crippen LogP contribution >= 0.6 is 0 Å². The van der Waals surface area contributed by atoms with Gasteiger partial charge in [-0.2, -0.15) is 0 Å². The number of rotatable bonds is 4. The molecule has 76 valence electrons. The van der Waals surface area contributed by atoms with Gasteiger partial charge in [-0.1, -0.05) is 0 Å². The Kier molecular flexibility index (Phi) is 3.55. The molecule has 0 aliphatic heterocycles. The maximum Gasteiger partial charge on any atom is 0.354 e. The van der Waals surface area contributed by atoms with Crippen molar-refractivity contribution < 1.29 is 14.6 Å². The molecule has 5 heteroatoms. The van der Waals surface area contributed by atoms with Gasteiger partial charge in [0.1, 0.15) is 5.69 Å². The average Bonchev–Trinajstić information content (AvgIpc) is 2.18. The first-order valence-electron chi connectivity index (χ1n) is 4.09. The van der Waals surface area contributed by atoms with Crippen LogP contribution in [0.5, 0.6) is 0 Å². The number of carboxylic acid groups (broad SMARTS) is 1. The minimum atomic E-state index is -1.06. The summed E-state index contributed by atoms with van der Waals surface area (Å²) < 4.78 is 4.87. The van der Waals surface area contributed by atoms with Crippen molar-refractivity contribution in [3.8, 4) is 0 Å². The molecule has 1 rings (SSSR count). The van der Waals surface area contributed by atoms with Gasteiger partial charge in [0.2, 0.25) is 0 Å². The number of ether oxygens (including phenoxy) is 1. The van der Waals surface area contributed by atoms with Crippen LogP contribution in [0, 0.1) is 0 Å². The lowest BCUT2D eigenvalue weighted by molar-refractivity contribution is 0.0690. The Balaban J connectivity index is 2.87. The fraction of sp³-hybridized carbons (Fsp3) is 0.333. The van der Waals surface area contributed by atoms with Crippen molar-refractivity contribution in [1.29, 1.82) is 0 Å². The summed E-state index contributed by atoms with van der Waals surface area (Å²) in [6.07, 6.45) is 1.42. The van der Waals surface area contributed by atoms with Crippen LogP contribution < -0.4 is 5.73 Å². The predicted molar refractivity (Wildman–Crippen MR) is 50.0 cm³/mol. The molecule has 0 fully saturated rings. The second-order valence-electron chi connectivity index (χ2n) is 2.84. The molecule has 0 saturated carbocycles. The highest BCUT2D eigenvalue weighted by Crippen LogP contribution is 2.10. The molecule has 0 spiro atoms. The van der Waals surface area contributed by atoms with Crippen molar-refractivity contribution in [2.24, 2.45) is 5.73 Å². The molecule has 5 nitrogen and oxygen atoms in total. The van der Waals surface area contributed by atoms with E-state index in [1.165, 1.54) is 12.3 Å². The van der Waals surface area contributed by atoms with E-state index in [1.807, 2.05) is 0 Å². The van der Waals surface area contributed by atoms with Gasteiger partial charge in [-0.15, -0.1) is 0 Å². The van der Waals surface area contributed by atoms with Crippen molar-refractivity contribution in [2.75, 3.05) is 13.7 Å². The quantitative estimate of drug-likeness (QED) is 0.729. The lowest BCUT2D eigenvalue weighted by Gasteiger charge is -2.10. The van der Waals surface area contributed by atoms with Crippen molar-refractivity contribution in [1.82, 2.24) is 4.98 Å². The van der Waals surface area contributed by atoms with E-state index in [0.29, 0.717) is 12.2 Å². The van der Waals surface area contributed by atoms with Crippen LogP contribution in [0.1, 0.15) is 22.1 Å². The Hall–Kier alpha value is -1.46. The maximum absolute atomic E-state index is 10.6. The summed E-state index contributed by atoms with van der Waals surface area (Å²) >= 11 is 0. The third kappa shape index (κ3) is 2.51. The molecule has 0 radical (unpaired) electrons. The molecule has 1 heterocycles. The van der Waals surface area contributed by atoms with Gasteiger partial charge < -0.3 is 15.6 Å². The first kappa shape index (κ1) is 10.6. The van der Waals surface area contributed by atoms with Gasteiger partial charge in [-0.05, 0) is 17.7 Å². The van der Waals surface area contributed by atoms with Gasteiger partial charge >= 0.3 is 5.97 Å². The van der Waals surface area contributed by atoms with Crippen molar-refractivity contribution in [2.45, 2.75) is 6.04 Å². The number of nitrogens with two attached hydrogens (primary N) is 1. The van der Waals surface area contributed by atoms with Crippen LogP contribution in [-0.2, 0) is 4.74 Å². The molecule has 1 aromatic rings. The van der Waals surface area contributed by atoms with Crippen molar-refractivity contribution >= 4 is 5.97 Å². The zero-order chi connectivity index (χ0) is 10.6. The number of aromatic nitrogens is 1. The fourth-order valence-corrected chi connectivity index (χ4v) is 1.07. The van der Waals surface area contributed by atoms with Crippen LogP contribution in [0.4, 0.5) is 0 Å². The smallest absolute Gasteiger partial charge is 0.354 e. The lowest BCUT2D eigenvalue weighted by atomic mass is 10.1. The Bertz CT molecular complexity index is 328. The molecular weight excluding hydrogens is 184 g/mol.